The normalized spacial score (nSPS) is 10.7. The third-order valence-electron chi connectivity index (χ3n) is 2.01. The van der Waals surface area contributed by atoms with Crippen molar-refractivity contribution >= 4 is 0 Å². The Morgan fingerprint density at radius 3 is 2.73 bits per heavy atom. The maximum absolute atomic E-state index is 5.46. The monoisotopic (exact) mass is 209 g/mol. The van der Waals surface area contributed by atoms with E-state index in [1.807, 2.05) is 14.0 Å². The van der Waals surface area contributed by atoms with Crippen LogP contribution in [0.3, 0.4) is 0 Å². The highest BCUT2D eigenvalue weighted by atomic mass is 16.5. The van der Waals surface area contributed by atoms with Crippen molar-refractivity contribution in [2.45, 2.75) is 33.2 Å². The first-order chi connectivity index (χ1) is 7.19. The zero-order valence-electron chi connectivity index (χ0n) is 9.87. The smallest absolute Gasteiger partial charge is 0.160 e. The Bertz CT molecular complexity index is 313. The van der Waals surface area contributed by atoms with Gasteiger partial charge in [0.2, 0.25) is 0 Å². The molecule has 0 unspecified atom stereocenters. The number of nitrogens with zero attached hydrogens (tertiary/aromatic N) is 2. The van der Waals surface area contributed by atoms with Crippen molar-refractivity contribution in [3.8, 4) is 5.75 Å². The van der Waals surface area contributed by atoms with E-state index in [0.29, 0.717) is 19.1 Å². The van der Waals surface area contributed by atoms with E-state index in [1.54, 1.807) is 6.20 Å². The Morgan fingerprint density at radius 1 is 1.47 bits per heavy atom. The first-order valence-corrected chi connectivity index (χ1v) is 5.32. The van der Waals surface area contributed by atoms with Crippen LogP contribution in [-0.2, 0) is 6.54 Å². The standard InChI is InChI=1S/C11H19N3O/c1-5-15-10-7-13-11(8(2)3)14-9(10)6-12-4/h7-8,12H,5-6H2,1-4H3. The lowest BCUT2D eigenvalue weighted by molar-refractivity contribution is 0.331. The van der Waals surface area contributed by atoms with Crippen LogP contribution >= 0.6 is 0 Å². The predicted molar refractivity (Wildman–Crippen MR) is 60.1 cm³/mol. The maximum Gasteiger partial charge on any atom is 0.160 e. The molecule has 0 saturated heterocycles. The summed E-state index contributed by atoms with van der Waals surface area (Å²) in [6, 6.07) is 0. The summed E-state index contributed by atoms with van der Waals surface area (Å²) < 4.78 is 5.46. The lowest BCUT2D eigenvalue weighted by Crippen LogP contribution is -2.12. The van der Waals surface area contributed by atoms with Gasteiger partial charge in [-0.05, 0) is 14.0 Å². The Balaban J connectivity index is 2.97. The second kappa shape index (κ2) is 5.66. The van der Waals surface area contributed by atoms with Crippen LogP contribution < -0.4 is 10.1 Å². The van der Waals surface area contributed by atoms with Crippen molar-refractivity contribution in [3.63, 3.8) is 0 Å². The van der Waals surface area contributed by atoms with Crippen molar-refractivity contribution < 1.29 is 4.74 Å². The summed E-state index contributed by atoms with van der Waals surface area (Å²) in [6.45, 7) is 7.47. The minimum absolute atomic E-state index is 0.344. The number of rotatable bonds is 5. The first-order valence-electron chi connectivity index (χ1n) is 5.32. The third kappa shape index (κ3) is 3.16. The molecule has 0 aliphatic rings. The topological polar surface area (TPSA) is 47.0 Å². The van der Waals surface area contributed by atoms with Crippen LogP contribution in [0.25, 0.3) is 0 Å². The van der Waals surface area contributed by atoms with Crippen molar-refractivity contribution in [1.29, 1.82) is 0 Å². The minimum Gasteiger partial charge on any atom is -0.490 e. The van der Waals surface area contributed by atoms with Gasteiger partial charge in [-0.25, -0.2) is 9.97 Å². The molecule has 0 saturated carbocycles. The highest BCUT2D eigenvalue weighted by molar-refractivity contribution is 5.25. The molecule has 1 aromatic rings. The van der Waals surface area contributed by atoms with E-state index in [1.165, 1.54) is 0 Å². The number of aromatic nitrogens is 2. The molecule has 0 aliphatic heterocycles. The van der Waals surface area contributed by atoms with Crippen LogP contribution in [0.4, 0.5) is 0 Å². The van der Waals surface area contributed by atoms with E-state index in [2.05, 4.69) is 29.1 Å². The molecule has 0 amide bonds. The summed E-state index contributed by atoms with van der Waals surface area (Å²) in [5.74, 6) is 1.98. The fraction of sp³-hybridized carbons (Fsp3) is 0.636. The largest absolute Gasteiger partial charge is 0.490 e. The molecule has 0 bridgehead atoms. The second-order valence-electron chi connectivity index (χ2n) is 3.66. The fourth-order valence-electron chi connectivity index (χ4n) is 1.27. The number of ether oxygens (including phenoxy) is 1. The first kappa shape index (κ1) is 11.9. The van der Waals surface area contributed by atoms with Gasteiger partial charge < -0.3 is 10.1 Å². The zero-order valence-corrected chi connectivity index (χ0v) is 9.87. The van der Waals surface area contributed by atoms with Gasteiger partial charge in [0.15, 0.2) is 5.75 Å². The average Bonchev–Trinajstić information content (AvgIpc) is 2.21. The molecular formula is C11H19N3O. The fourth-order valence-corrected chi connectivity index (χ4v) is 1.27. The Labute approximate surface area is 91.1 Å². The highest BCUT2D eigenvalue weighted by Gasteiger charge is 2.09. The molecule has 1 heterocycles. The van der Waals surface area contributed by atoms with Gasteiger partial charge in [-0.15, -0.1) is 0 Å². The van der Waals surface area contributed by atoms with Gasteiger partial charge in [-0.2, -0.15) is 0 Å². The Kier molecular flexibility index (Phi) is 4.49. The predicted octanol–water partition coefficient (Wildman–Crippen LogP) is 1.72. The van der Waals surface area contributed by atoms with Gasteiger partial charge in [0.05, 0.1) is 18.5 Å². The molecule has 84 valence electrons. The van der Waals surface area contributed by atoms with E-state index in [9.17, 15) is 0 Å². The quantitative estimate of drug-likeness (QED) is 0.802. The van der Waals surface area contributed by atoms with Crippen LogP contribution in [0, 0.1) is 0 Å². The molecule has 4 heteroatoms. The van der Waals surface area contributed by atoms with Crippen LogP contribution in [-0.4, -0.2) is 23.6 Å². The van der Waals surface area contributed by atoms with Crippen molar-refractivity contribution in [1.82, 2.24) is 15.3 Å². The third-order valence-corrected chi connectivity index (χ3v) is 2.01. The van der Waals surface area contributed by atoms with Gasteiger partial charge in [0.25, 0.3) is 0 Å². The van der Waals surface area contributed by atoms with Crippen molar-refractivity contribution in [2.75, 3.05) is 13.7 Å². The highest BCUT2D eigenvalue weighted by Crippen LogP contribution is 2.18. The summed E-state index contributed by atoms with van der Waals surface area (Å²) in [5.41, 5.74) is 0.929. The van der Waals surface area contributed by atoms with Gasteiger partial charge in [0.1, 0.15) is 5.82 Å². The van der Waals surface area contributed by atoms with Crippen LogP contribution in [0.15, 0.2) is 6.20 Å². The number of nitrogens with one attached hydrogen (secondary N) is 1. The summed E-state index contributed by atoms with van der Waals surface area (Å²) in [4.78, 5) is 8.76. The maximum atomic E-state index is 5.46. The number of hydrogen-bond acceptors (Lipinski definition) is 4. The Hall–Kier alpha value is -1.16. The van der Waals surface area contributed by atoms with Crippen LogP contribution in [0.2, 0.25) is 0 Å². The van der Waals surface area contributed by atoms with E-state index in [4.69, 9.17) is 4.74 Å². The van der Waals surface area contributed by atoms with Crippen LogP contribution in [0.5, 0.6) is 5.75 Å². The summed E-state index contributed by atoms with van der Waals surface area (Å²) in [5, 5.41) is 3.08. The lowest BCUT2D eigenvalue weighted by Gasteiger charge is -2.11. The molecule has 0 fully saturated rings. The zero-order chi connectivity index (χ0) is 11.3. The van der Waals surface area contributed by atoms with Crippen molar-refractivity contribution in [3.05, 3.63) is 17.7 Å². The van der Waals surface area contributed by atoms with E-state index < -0.39 is 0 Å². The van der Waals surface area contributed by atoms with Crippen LogP contribution in [0.1, 0.15) is 38.2 Å². The van der Waals surface area contributed by atoms with Crippen molar-refractivity contribution in [2.24, 2.45) is 0 Å². The summed E-state index contributed by atoms with van der Waals surface area (Å²) >= 11 is 0. The molecular weight excluding hydrogens is 190 g/mol. The molecule has 4 nitrogen and oxygen atoms in total. The number of hydrogen-bond donors (Lipinski definition) is 1. The van der Waals surface area contributed by atoms with Gasteiger partial charge in [0, 0.05) is 12.5 Å². The van der Waals surface area contributed by atoms with E-state index in [0.717, 1.165) is 17.3 Å². The summed E-state index contributed by atoms with van der Waals surface area (Å²) in [7, 11) is 1.90. The molecule has 1 aromatic heterocycles. The molecule has 1 rings (SSSR count). The average molecular weight is 209 g/mol. The molecule has 0 aliphatic carbocycles. The Morgan fingerprint density at radius 2 is 2.20 bits per heavy atom. The molecule has 1 N–H and O–H groups in total. The molecule has 0 radical (unpaired) electrons. The van der Waals surface area contributed by atoms with E-state index in [-0.39, 0.29) is 0 Å². The van der Waals surface area contributed by atoms with E-state index >= 15 is 0 Å². The molecule has 15 heavy (non-hydrogen) atoms. The molecule has 0 spiro atoms. The minimum atomic E-state index is 0.344. The van der Waals surface area contributed by atoms with Gasteiger partial charge >= 0.3 is 0 Å². The SMILES string of the molecule is CCOc1cnc(C(C)C)nc1CNC. The van der Waals surface area contributed by atoms with Gasteiger partial charge in [-0.1, -0.05) is 13.8 Å². The molecule has 0 atom stereocenters. The lowest BCUT2D eigenvalue weighted by atomic mass is 10.2. The molecule has 0 aromatic carbocycles. The summed E-state index contributed by atoms with van der Waals surface area (Å²) in [6.07, 6.45) is 1.76. The van der Waals surface area contributed by atoms with Gasteiger partial charge in [-0.3, -0.25) is 0 Å². The second-order valence-corrected chi connectivity index (χ2v) is 3.66.